The predicted molar refractivity (Wildman–Crippen MR) is 122 cm³/mol. The SMILES string of the molecule is CCCc1noc(COC(=O)c2cc(-c3ccc4c(c3)OCCO4)nc3c2cnn3C(C)C)n1. The van der Waals surface area contributed by atoms with E-state index in [4.69, 9.17) is 23.7 Å². The van der Waals surface area contributed by atoms with Crippen LogP contribution in [0.3, 0.4) is 0 Å². The maximum atomic E-state index is 13.1. The number of hydrogen-bond acceptors (Lipinski definition) is 9. The van der Waals surface area contributed by atoms with Crippen molar-refractivity contribution in [2.45, 2.75) is 46.3 Å². The summed E-state index contributed by atoms with van der Waals surface area (Å²) in [6.07, 6.45) is 3.24. The number of hydrogen-bond donors (Lipinski definition) is 0. The number of pyridine rings is 1. The van der Waals surface area contributed by atoms with Crippen LogP contribution in [0.4, 0.5) is 0 Å². The molecule has 0 bridgehead atoms. The van der Waals surface area contributed by atoms with E-state index in [9.17, 15) is 4.79 Å². The van der Waals surface area contributed by atoms with E-state index in [0.29, 0.717) is 59.2 Å². The summed E-state index contributed by atoms with van der Waals surface area (Å²) in [5, 5.41) is 8.95. The molecule has 0 fully saturated rings. The molecule has 0 aliphatic carbocycles. The molecule has 4 heterocycles. The first kappa shape index (κ1) is 21.9. The van der Waals surface area contributed by atoms with Crippen molar-refractivity contribution in [2.24, 2.45) is 0 Å². The Bertz CT molecular complexity index is 1340. The van der Waals surface area contributed by atoms with E-state index in [2.05, 4.69) is 15.2 Å². The Balaban J connectivity index is 1.50. The molecular weight excluding hydrogens is 438 g/mol. The van der Waals surface area contributed by atoms with Gasteiger partial charge in [-0.2, -0.15) is 10.1 Å². The number of esters is 1. The summed E-state index contributed by atoms with van der Waals surface area (Å²) >= 11 is 0. The van der Waals surface area contributed by atoms with Crippen LogP contribution in [0.5, 0.6) is 11.5 Å². The quantitative estimate of drug-likeness (QED) is 0.373. The van der Waals surface area contributed by atoms with E-state index in [1.54, 1.807) is 16.9 Å². The van der Waals surface area contributed by atoms with E-state index in [0.717, 1.165) is 12.0 Å². The molecule has 0 unspecified atom stereocenters. The van der Waals surface area contributed by atoms with Gasteiger partial charge in [-0.05, 0) is 44.5 Å². The summed E-state index contributed by atoms with van der Waals surface area (Å²) in [6, 6.07) is 7.36. The maximum absolute atomic E-state index is 13.1. The Morgan fingerprint density at radius 1 is 1.15 bits per heavy atom. The highest BCUT2D eigenvalue weighted by atomic mass is 16.6. The summed E-state index contributed by atoms with van der Waals surface area (Å²) in [6.45, 7) is 6.92. The Morgan fingerprint density at radius 2 is 1.97 bits per heavy atom. The van der Waals surface area contributed by atoms with Gasteiger partial charge in [-0.25, -0.2) is 14.5 Å². The van der Waals surface area contributed by atoms with Crippen LogP contribution in [-0.4, -0.2) is 44.1 Å². The first-order valence-corrected chi connectivity index (χ1v) is 11.3. The molecule has 1 aromatic carbocycles. The van der Waals surface area contributed by atoms with Gasteiger partial charge in [0.1, 0.15) is 13.2 Å². The van der Waals surface area contributed by atoms with Crippen molar-refractivity contribution >= 4 is 17.0 Å². The van der Waals surface area contributed by atoms with Crippen molar-refractivity contribution in [2.75, 3.05) is 13.2 Å². The molecule has 5 rings (SSSR count). The predicted octanol–water partition coefficient (Wildman–Crippen LogP) is 4.14. The minimum atomic E-state index is -0.523. The van der Waals surface area contributed by atoms with E-state index in [1.165, 1.54) is 0 Å². The molecule has 34 heavy (non-hydrogen) atoms. The molecule has 0 saturated carbocycles. The smallest absolute Gasteiger partial charge is 0.339 e. The minimum absolute atomic E-state index is 0.0553. The summed E-state index contributed by atoms with van der Waals surface area (Å²) in [5.41, 5.74) is 2.34. The number of rotatable bonds is 7. The molecule has 0 spiro atoms. The lowest BCUT2D eigenvalue weighted by molar-refractivity contribution is 0.0432. The van der Waals surface area contributed by atoms with Crippen LogP contribution >= 0.6 is 0 Å². The van der Waals surface area contributed by atoms with Crippen molar-refractivity contribution < 1.29 is 23.5 Å². The minimum Gasteiger partial charge on any atom is -0.486 e. The summed E-state index contributed by atoms with van der Waals surface area (Å²) < 4.78 is 23.8. The highest BCUT2D eigenvalue weighted by Crippen LogP contribution is 2.35. The van der Waals surface area contributed by atoms with Crippen molar-refractivity contribution in [3.63, 3.8) is 0 Å². The lowest BCUT2D eigenvalue weighted by Crippen LogP contribution is -2.15. The topological polar surface area (TPSA) is 114 Å². The Labute approximate surface area is 195 Å². The molecule has 10 nitrogen and oxygen atoms in total. The molecule has 1 aliphatic rings. The average Bonchev–Trinajstić information content (AvgIpc) is 3.49. The lowest BCUT2D eigenvalue weighted by Gasteiger charge is -2.19. The van der Waals surface area contributed by atoms with E-state index >= 15 is 0 Å². The van der Waals surface area contributed by atoms with Crippen LogP contribution in [0.15, 0.2) is 35.0 Å². The number of aromatic nitrogens is 5. The second-order valence-corrected chi connectivity index (χ2v) is 8.26. The van der Waals surface area contributed by atoms with Gasteiger partial charge >= 0.3 is 5.97 Å². The molecule has 4 aromatic rings. The normalized spacial score (nSPS) is 12.9. The number of nitrogens with zero attached hydrogens (tertiary/aromatic N) is 5. The first-order valence-electron chi connectivity index (χ1n) is 11.3. The van der Waals surface area contributed by atoms with Crippen molar-refractivity contribution in [1.29, 1.82) is 0 Å². The van der Waals surface area contributed by atoms with Crippen LogP contribution in [-0.2, 0) is 17.8 Å². The van der Waals surface area contributed by atoms with E-state index < -0.39 is 5.97 Å². The Morgan fingerprint density at radius 3 is 2.76 bits per heavy atom. The monoisotopic (exact) mass is 463 g/mol. The highest BCUT2D eigenvalue weighted by Gasteiger charge is 2.21. The molecule has 0 amide bonds. The van der Waals surface area contributed by atoms with Crippen LogP contribution < -0.4 is 9.47 Å². The molecule has 0 N–H and O–H groups in total. The zero-order chi connectivity index (χ0) is 23.7. The number of ether oxygens (including phenoxy) is 3. The zero-order valence-electron chi connectivity index (χ0n) is 19.3. The first-order chi connectivity index (χ1) is 16.5. The standard InChI is InChI=1S/C24H25N5O5/c1-4-5-21-27-22(34-28-21)13-33-24(30)16-11-18(26-23-17(16)12-25-29(23)14(2)3)15-6-7-19-20(10-15)32-9-8-31-19/h6-7,10-12,14H,4-5,8-9,13H2,1-3H3. The van der Waals surface area contributed by atoms with Crippen LogP contribution in [0.1, 0.15) is 55.3 Å². The summed E-state index contributed by atoms with van der Waals surface area (Å²) in [4.78, 5) is 22.2. The number of carbonyl (C=O) groups excluding carboxylic acids is 1. The Kier molecular flexibility index (Phi) is 5.87. The van der Waals surface area contributed by atoms with Gasteiger partial charge in [-0.3, -0.25) is 0 Å². The van der Waals surface area contributed by atoms with Crippen LogP contribution in [0, 0.1) is 0 Å². The average molecular weight is 463 g/mol. The van der Waals surface area contributed by atoms with Crippen molar-refractivity contribution in [1.82, 2.24) is 24.9 Å². The summed E-state index contributed by atoms with van der Waals surface area (Å²) in [5.74, 6) is 1.66. The fourth-order valence-electron chi connectivity index (χ4n) is 3.79. The van der Waals surface area contributed by atoms with Gasteiger partial charge in [-0.1, -0.05) is 12.1 Å². The fourth-order valence-corrected chi connectivity index (χ4v) is 3.79. The van der Waals surface area contributed by atoms with Crippen LogP contribution in [0.2, 0.25) is 0 Å². The van der Waals surface area contributed by atoms with Gasteiger partial charge in [0.2, 0.25) is 0 Å². The van der Waals surface area contributed by atoms with E-state index in [-0.39, 0.29) is 18.5 Å². The molecule has 0 radical (unpaired) electrons. The van der Waals surface area contributed by atoms with Gasteiger partial charge in [0, 0.05) is 18.0 Å². The molecule has 10 heteroatoms. The summed E-state index contributed by atoms with van der Waals surface area (Å²) in [7, 11) is 0. The number of aryl methyl sites for hydroxylation is 1. The molecule has 1 aliphatic heterocycles. The zero-order valence-corrected chi connectivity index (χ0v) is 19.3. The molecule has 176 valence electrons. The molecule has 0 saturated heterocycles. The molecule has 3 aromatic heterocycles. The number of fused-ring (bicyclic) bond motifs is 2. The number of carbonyl (C=O) groups is 1. The molecular formula is C24H25N5O5. The molecule has 0 atom stereocenters. The van der Waals surface area contributed by atoms with E-state index in [1.807, 2.05) is 39.0 Å². The second kappa shape index (κ2) is 9.12. The van der Waals surface area contributed by atoms with Crippen molar-refractivity contribution in [3.05, 3.63) is 47.7 Å². The third kappa shape index (κ3) is 4.18. The third-order valence-electron chi connectivity index (χ3n) is 5.42. The van der Waals surface area contributed by atoms with Crippen LogP contribution in [0.25, 0.3) is 22.3 Å². The van der Waals surface area contributed by atoms with Gasteiger partial charge in [0.15, 0.2) is 29.6 Å². The van der Waals surface area contributed by atoms with Gasteiger partial charge in [0.05, 0.1) is 22.8 Å². The van der Waals surface area contributed by atoms with Crippen molar-refractivity contribution in [3.8, 4) is 22.8 Å². The number of benzene rings is 1. The largest absolute Gasteiger partial charge is 0.486 e. The second-order valence-electron chi connectivity index (χ2n) is 8.26. The van der Waals surface area contributed by atoms with Gasteiger partial charge in [0.25, 0.3) is 5.89 Å². The Hall–Kier alpha value is -3.95. The highest BCUT2D eigenvalue weighted by molar-refractivity contribution is 6.03. The third-order valence-corrected chi connectivity index (χ3v) is 5.42. The van der Waals surface area contributed by atoms with Gasteiger partial charge in [-0.15, -0.1) is 0 Å². The fraction of sp³-hybridized carbons (Fsp3) is 0.375. The maximum Gasteiger partial charge on any atom is 0.339 e. The lowest BCUT2D eigenvalue weighted by atomic mass is 10.1. The van der Waals surface area contributed by atoms with Gasteiger partial charge < -0.3 is 18.7 Å².